The summed E-state index contributed by atoms with van der Waals surface area (Å²) in [4.78, 5) is 13.3. The van der Waals surface area contributed by atoms with Crippen LogP contribution in [0.15, 0.2) is 0 Å². The highest BCUT2D eigenvalue weighted by molar-refractivity contribution is 5.71. The van der Waals surface area contributed by atoms with E-state index >= 15 is 0 Å². The van der Waals surface area contributed by atoms with Crippen molar-refractivity contribution < 1.29 is 9.53 Å². The molecule has 0 aromatic rings. The summed E-state index contributed by atoms with van der Waals surface area (Å²) < 4.78 is 4.89. The summed E-state index contributed by atoms with van der Waals surface area (Å²) >= 11 is 0. The van der Waals surface area contributed by atoms with Crippen LogP contribution >= 0.6 is 0 Å². The van der Waals surface area contributed by atoms with Crippen molar-refractivity contribution in [3.05, 3.63) is 0 Å². The van der Waals surface area contributed by atoms with Gasteiger partial charge in [0.05, 0.1) is 13.2 Å². The minimum absolute atomic E-state index is 0.129. The molecule has 0 aliphatic carbocycles. The van der Waals surface area contributed by atoms with Gasteiger partial charge < -0.3 is 10.5 Å². The maximum atomic E-state index is 11.2. The van der Waals surface area contributed by atoms with Crippen molar-refractivity contribution in [3.8, 4) is 0 Å². The molecule has 1 aliphatic heterocycles. The van der Waals surface area contributed by atoms with Gasteiger partial charge in [0.2, 0.25) is 0 Å². The van der Waals surface area contributed by atoms with Crippen molar-refractivity contribution in [2.24, 2.45) is 11.7 Å². The van der Waals surface area contributed by atoms with Crippen LogP contribution in [0.3, 0.4) is 0 Å². The molecule has 2 atom stereocenters. The second-order valence-electron chi connectivity index (χ2n) is 3.97. The molecule has 4 heteroatoms. The van der Waals surface area contributed by atoms with Gasteiger partial charge in [0.25, 0.3) is 0 Å². The first-order valence-electron chi connectivity index (χ1n) is 5.27. The SMILES string of the molecule is CCOC(=O)CN1CCC(N)C(C)C1. The molecule has 1 aliphatic rings. The van der Waals surface area contributed by atoms with E-state index in [0.717, 1.165) is 19.5 Å². The number of piperidine rings is 1. The van der Waals surface area contributed by atoms with Crippen LogP contribution in [0.4, 0.5) is 0 Å². The van der Waals surface area contributed by atoms with Crippen LogP contribution in [-0.2, 0) is 9.53 Å². The van der Waals surface area contributed by atoms with Crippen LogP contribution in [0.5, 0.6) is 0 Å². The Morgan fingerprint density at radius 2 is 2.36 bits per heavy atom. The topological polar surface area (TPSA) is 55.6 Å². The van der Waals surface area contributed by atoms with Gasteiger partial charge in [-0.05, 0) is 19.3 Å². The van der Waals surface area contributed by atoms with E-state index < -0.39 is 0 Å². The molecule has 4 nitrogen and oxygen atoms in total. The number of rotatable bonds is 3. The zero-order valence-electron chi connectivity index (χ0n) is 9.03. The molecule has 0 bridgehead atoms. The van der Waals surface area contributed by atoms with Gasteiger partial charge in [0.1, 0.15) is 0 Å². The lowest BCUT2D eigenvalue weighted by atomic mass is 9.95. The maximum absolute atomic E-state index is 11.2. The molecule has 14 heavy (non-hydrogen) atoms. The minimum Gasteiger partial charge on any atom is -0.465 e. The number of carbonyl (C=O) groups excluding carboxylic acids is 1. The Morgan fingerprint density at radius 3 is 2.93 bits per heavy atom. The van der Waals surface area contributed by atoms with Crippen LogP contribution in [0.2, 0.25) is 0 Å². The van der Waals surface area contributed by atoms with Gasteiger partial charge in [-0.2, -0.15) is 0 Å². The number of nitrogens with two attached hydrogens (primary N) is 1. The Labute approximate surface area is 85.4 Å². The van der Waals surface area contributed by atoms with Crippen molar-refractivity contribution in [1.82, 2.24) is 4.90 Å². The van der Waals surface area contributed by atoms with E-state index in [9.17, 15) is 4.79 Å². The fraction of sp³-hybridized carbons (Fsp3) is 0.900. The molecule has 0 spiro atoms. The van der Waals surface area contributed by atoms with Crippen molar-refractivity contribution in [1.29, 1.82) is 0 Å². The molecule has 82 valence electrons. The standard InChI is InChI=1S/C10H20N2O2/c1-3-14-10(13)7-12-5-4-9(11)8(2)6-12/h8-9H,3-7,11H2,1-2H3. The summed E-state index contributed by atoms with van der Waals surface area (Å²) in [5.74, 6) is 0.341. The minimum atomic E-state index is -0.129. The summed E-state index contributed by atoms with van der Waals surface area (Å²) in [6.07, 6.45) is 0.973. The van der Waals surface area contributed by atoms with Crippen LogP contribution in [0, 0.1) is 5.92 Å². The van der Waals surface area contributed by atoms with E-state index in [1.165, 1.54) is 0 Å². The third-order valence-electron chi connectivity index (χ3n) is 2.71. The number of hydrogen-bond donors (Lipinski definition) is 1. The van der Waals surface area contributed by atoms with Gasteiger partial charge in [0.15, 0.2) is 0 Å². The second-order valence-corrected chi connectivity index (χ2v) is 3.97. The Bertz CT molecular complexity index is 197. The summed E-state index contributed by atoms with van der Waals surface area (Å²) in [6.45, 7) is 6.63. The molecule has 0 aromatic heterocycles. The van der Waals surface area contributed by atoms with E-state index in [-0.39, 0.29) is 12.0 Å². The average Bonchev–Trinajstić information content (AvgIpc) is 2.12. The van der Waals surface area contributed by atoms with Gasteiger partial charge in [-0.15, -0.1) is 0 Å². The monoisotopic (exact) mass is 200 g/mol. The predicted molar refractivity (Wildman–Crippen MR) is 54.8 cm³/mol. The van der Waals surface area contributed by atoms with Crippen molar-refractivity contribution >= 4 is 5.97 Å². The first-order valence-corrected chi connectivity index (χ1v) is 5.27. The highest BCUT2D eigenvalue weighted by Gasteiger charge is 2.24. The molecule has 0 aromatic carbocycles. The number of hydrogen-bond acceptors (Lipinski definition) is 4. The fourth-order valence-electron chi connectivity index (χ4n) is 1.78. The molecule has 1 fully saturated rings. The molecule has 2 unspecified atom stereocenters. The zero-order valence-corrected chi connectivity index (χ0v) is 9.03. The predicted octanol–water partition coefficient (Wildman–Crippen LogP) is 0.219. The molecule has 0 amide bonds. The summed E-state index contributed by atoms with van der Waals surface area (Å²) in [5.41, 5.74) is 5.89. The third-order valence-corrected chi connectivity index (χ3v) is 2.71. The smallest absolute Gasteiger partial charge is 0.320 e. The molecule has 0 radical (unpaired) electrons. The van der Waals surface area contributed by atoms with Gasteiger partial charge in [-0.1, -0.05) is 6.92 Å². The zero-order chi connectivity index (χ0) is 10.6. The molecule has 1 heterocycles. The normalized spacial score (nSPS) is 28.8. The Balaban J connectivity index is 2.29. The van der Waals surface area contributed by atoms with Gasteiger partial charge in [0, 0.05) is 19.1 Å². The molecule has 1 rings (SSSR count). The van der Waals surface area contributed by atoms with Crippen LogP contribution in [0.1, 0.15) is 20.3 Å². The van der Waals surface area contributed by atoms with E-state index in [1.54, 1.807) is 0 Å². The maximum Gasteiger partial charge on any atom is 0.320 e. The van der Waals surface area contributed by atoms with Crippen LogP contribution in [0.25, 0.3) is 0 Å². The fourth-order valence-corrected chi connectivity index (χ4v) is 1.78. The van der Waals surface area contributed by atoms with Gasteiger partial charge in [-0.25, -0.2) is 0 Å². The Morgan fingerprint density at radius 1 is 1.64 bits per heavy atom. The first-order chi connectivity index (χ1) is 6.63. The summed E-state index contributed by atoms with van der Waals surface area (Å²) in [5, 5.41) is 0. The first kappa shape index (κ1) is 11.5. The second kappa shape index (κ2) is 5.32. The number of carbonyl (C=O) groups is 1. The van der Waals surface area contributed by atoms with E-state index in [4.69, 9.17) is 10.5 Å². The highest BCUT2D eigenvalue weighted by Crippen LogP contribution is 2.14. The summed E-state index contributed by atoms with van der Waals surface area (Å²) in [7, 11) is 0. The third kappa shape index (κ3) is 3.27. The molecule has 2 N–H and O–H groups in total. The highest BCUT2D eigenvalue weighted by atomic mass is 16.5. The van der Waals surface area contributed by atoms with E-state index in [1.807, 2.05) is 6.92 Å². The van der Waals surface area contributed by atoms with E-state index in [2.05, 4.69) is 11.8 Å². The lowest BCUT2D eigenvalue weighted by Gasteiger charge is -2.34. The number of nitrogens with zero attached hydrogens (tertiary/aromatic N) is 1. The quantitative estimate of drug-likeness (QED) is 0.662. The molecular weight excluding hydrogens is 180 g/mol. The number of ether oxygens (including phenoxy) is 1. The largest absolute Gasteiger partial charge is 0.465 e. The molecule has 0 saturated carbocycles. The molecular formula is C10H20N2O2. The van der Waals surface area contributed by atoms with Gasteiger partial charge >= 0.3 is 5.97 Å². The van der Waals surface area contributed by atoms with E-state index in [0.29, 0.717) is 19.1 Å². The van der Waals surface area contributed by atoms with Crippen LogP contribution < -0.4 is 5.73 Å². The average molecular weight is 200 g/mol. The summed E-state index contributed by atoms with van der Waals surface area (Å²) in [6, 6.07) is 0.286. The van der Waals surface area contributed by atoms with Crippen molar-refractivity contribution in [2.75, 3.05) is 26.2 Å². The Kier molecular flexibility index (Phi) is 4.35. The van der Waals surface area contributed by atoms with Crippen molar-refractivity contribution in [2.45, 2.75) is 26.3 Å². The van der Waals surface area contributed by atoms with Crippen LogP contribution in [-0.4, -0.2) is 43.2 Å². The Hall–Kier alpha value is -0.610. The lowest BCUT2D eigenvalue weighted by molar-refractivity contribution is -0.144. The van der Waals surface area contributed by atoms with Gasteiger partial charge in [-0.3, -0.25) is 9.69 Å². The van der Waals surface area contributed by atoms with Crippen molar-refractivity contribution in [3.63, 3.8) is 0 Å². The number of likely N-dealkylation sites (tertiary alicyclic amines) is 1. The molecule has 1 saturated heterocycles. The lowest BCUT2D eigenvalue weighted by Crippen LogP contribution is -2.47. The number of esters is 1.